The second-order valence-electron chi connectivity index (χ2n) is 5.76. The predicted octanol–water partition coefficient (Wildman–Crippen LogP) is 4.82. The number of para-hydroxylation sites is 1. The summed E-state index contributed by atoms with van der Waals surface area (Å²) in [5.74, 6) is 0.906. The predicted molar refractivity (Wildman–Crippen MR) is 113 cm³/mol. The largest absolute Gasteiger partial charge is 0.339 e. The molecule has 6 nitrogen and oxygen atoms in total. The van der Waals surface area contributed by atoms with Gasteiger partial charge in [-0.2, -0.15) is 0 Å². The summed E-state index contributed by atoms with van der Waals surface area (Å²) in [5.41, 5.74) is 3.10. The summed E-state index contributed by atoms with van der Waals surface area (Å²) < 4.78 is 0. The van der Waals surface area contributed by atoms with E-state index in [0.717, 1.165) is 22.7 Å². The topological polar surface area (TPSA) is 82.2 Å². The zero-order valence-corrected chi connectivity index (χ0v) is 16.0. The van der Waals surface area contributed by atoms with Gasteiger partial charge in [-0.15, -0.1) is 0 Å². The average Bonchev–Trinajstić information content (AvgIpc) is 3.13. The first-order valence-corrected chi connectivity index (χ1v) is 9.59. The molecule has 0 spiro atoms. The van der Waals surface area contributed by atoms with Crippen LogP contribution in [-0.4, -0.2) is 26.8 Å². The molecule has 0 bridgehead atoms. The summed E-state index contributed by atoms with van der Waals surface area (Å²) in [4.78, 5) is 24.2. The van der Waals surface area contributed by atoms with Crippen LogP contribution < -0.4 is 10.6 Å². The van der Waals surface area contributed by atoms with Gasteiger partial charge < -0.3 is 15.6 Å². The summed E-state index contributed by atoms with van der Waals surface area (Å²) >= 11 is 1.55. The molecular weight excluding hydrogens is 358 g/mol. The number of amidine groups is 1. The van der Waals surface area contributed by atoms with Gasteiger partial charge in [0.15, 0.2) is 16.7 Å². The maximum atomic E-state index is 12.6. The molecule has 2 aromatic carbocycles. The van der Waals surface area contributed by atoms with Crippen molar-refractivity contribution in [3.05, 3.63) is 72.2 Å². The van der Waals surface area contributed by atoms with E-state index in [1.807, 2.05) is 68.4 Å². The first-order chi connectivity index (χ1) is 13.2. The van der Waals surface area contributed by atoms with Crippen molar-refractivity contribution in [2.24, 2.45) is 4.99 Å². The number of anilines is 2. The molecular formula is C20H21N5OS. The molecule has 0 radical (unpaired) electrons. The quantitative estimate of drug-likeness (QED) is 0.438. The minimum atomic E-state index is -0.282. The maximum absolute atomic E-state index is 12.6. The highest BCUT2D eigenvalue weighted by Crippen LogP contribution is 2.20. The first-order valence-electron chi connectivity index (χ1n) is 8.60. The molecule has 0 saturated heterocycles. The van der Waals surface area contributed by atoms with E-state index >= 15 is 0 Å². The van der Waals surface area contributed by atoms with Gasteiger partial charge in [-0.05, 0) is 36.9 Å². The number of carbonyl (C=O) groups excluding carboxylic acids is 1. The van der Waals surface area contributed by atoms with E-state index in [-0.39, 0.29) is 5.91 Å². The van der Waals surface area contributed by atoms with Crippen molar-refractivity contribution in [3.8, 4) is 0 Å². The highest BCUT2D eigenvalue weighted by Gasteiger charge is 2.15. The van der Waals surface area contributed by atoms with Crippen molar-refractivity contribution in [3.63, 3.8) is 0 Å². The van der Waals surface area contributed by atoms with E-state index in [4.69, 9.17) is 0 Å². The van der Waals surface area contributed by atoms with Gasteiger partial charge in [-0.3, -0.25) is 4.79 Å². The smallest absolute Gasteiger partial charge is 0.276 e. The van der Waals surface area contributed by atoms with Crippen LogP contribution in [0.5, 0.6) is 0 Å². The molecule has 1 aromatic heterocycles. The van der Waals surface area contributed by atoms with Crippen LogP contribution in [-0.2, 0) is 0 Å². The molecule has 0 atom stereocenters. The Bertz CT molecular complexity index is 919. The van der Waals surface area contributed by atoms with Crippen molar-refractivity contribution in [1.29, 1.82) is 0 Å². The summed E-state index contributed by atoms with van der Waals surface area (Å²) in [5, 5.41) is 6.81. The number of nitrogens with one attached hydrogen (secondary N) is 3. The van der Waals surface area contributed by atoms with Crippen LogP contribution in [0.4, 0.5) is 17.2 Å². The van der Waals surface area contributed by atoms with Gasteiger partial charge in [0.2, 0.25) is 0 Å². The number of hydrogen-bond acceptors (Lipinski definition) is 4. The molecule has 1 amide bonds. The van der Waals surface area contributed by atoms with Crippen molar-refractivity contribution < 1.29 is 4.79 Å². The first kappa shape index (κ1) is 18.7. The number of aromatic nitrogens is 2. The fourth-order valence-corrected chi connectivity index (χ4v) is 2.96. The van der Waals surface area contributed by atoms with E-state index in [1.165, 1.54) is 6.33 Å². The molecule has 0 aliphatic rings. The monoisotopic (exact) mass is 379 g/mol. The van der Waals surface area contributed by atoms with Crippen LogP contribution in [0.15, 0.2) is 65.9 Å². The number of benzene rings is 2. The second kappa shape index (κ2) is 9.05. The van der Waals surface area contributed by atoms with E-state index in [2.05, 4.69) is 25.6 Å². The maximum Gasteiger partial charge on any atom is 0.276 e. The molecule has 3 N–H and O–H groups in total. The molecule has 1 heterocycles. The van der Waals surface area contributed by atoms with Crippen molar-refractivity contribution in [1.82, 2.24) is 9.97 Å². The molecule has 3 aromatic rings. The Morgan fingerprint density at radius 2 is 1.78 bits per heavy atom. The number of H-pyrrole nitrogens is 1. The van der Waals surface area contributed by atoms with Crippen LogP contribution >= 0.6 is 11.8 Å². The van der Waals surface area contributed by atoms with E-state index in [0.29, 0.717) is 16.7 Å². The van der Waals surface area contributed by atoms with Crippen LogP contribution in [0.3, 0.4) is 0 Å². The molecule has 138 valence electrons. The number of aromatic amines is 1. The summed E-state index contributed by atoms with van der Waals surface area (Å²) in [6, 6.07) is 17.4. The van der Waals surface area contributed by atoms with Gasteiger partial charge in [0.1, 0.15) is 0 Å². The lowest BCUT2D eigenvalue weighted by Crippen LogP contribution is -2.13. The lowest BCUT2D eigenvalue weighted by Gasteiger charge is -2.08. The summed E-state index contributed by atoms with van der Waals surface area (Å²) in [6.45, 7) is 4.04. The molecule has 7 heteroatoms. The fraction of sp³-hybridized carbons (Fsp3) is 0.150. The van der Waals surface area contributed by atoms with Crippen LogP contribution in [0.1, 0.15) is 23.0 Å². The zero-order chi connectivity index (χ0) is 19.1. The summed E-state index contributed by atoms with van der Waals surface area (Å²) in [7, 11) is 0. The number of hydrogen-bond donors (Lipinski definition) is 3. The molecule has 0 fully saturated rings. The molecule has 3 rings (SSSR count). The van der Waals surface area contributed by atoms with Gasteiger partial charge in [-0.25, -0.2) is 9.98 Å². The highest BCUT2D eigenvalue weighted by atomic mass is 32.2. The Morgan fingerprint density at radius 3 is 2.48 bits per heavy atom. The van der Waals surface area contributed by atoms with Crippen molar-refractivity contribution >= 4 is 40.0 Å². The van der Waals surface area contributed by atoms with Gasteiger partial charge in [-0.1, -0.05) is 54.6 Å². The standard InChI is InChI=1S/C20H21N5OS/c1-3-27-20(24-15-7-5-4-6-8-15)25-18-17(21-13-22-18)19(26)23-16-11-9-14(2)10-12-16/h4-13H,3H2,1-2H3,(H,21,22)(H,23,26)(H,24,25). The minimum Gasteiger partial charge on any atom is -0.339 e. The number of imidazole rings is 1. The van der Waals surface area contributed by atoms with Crippen molar-refractivity contribution in [2.75, 3.05) is 16.4 Å². The number of aliphatic imine (C=N–C) groups is 1. The number of carbonyl (C=O) groups is 1. The van der Waals surface area contributed by atoms with Crippen LogP contribution in [0.25, 0.3) is 0 Å². The fourth-order valence-electron chi connectivity index (χ4n) is 2.34. The van der Waals surface area contributed by atoms with Crippen LogP contribution in [0.2, 0.25) is 0 Å². The number of aryl methyl sites for hydroxylation is 1. The Morgan fingerprint density at radius 1 is 1.07 bits per heavy atom. The molecule has 0 aliphatic carbocycles. The third-order valence-corrected chi connectivity index (χ3v) is 4.42. The van der Waals surface area contributed by atoms with Crippen LogP contribution in [0, 0.1) is 6.92 Å². The Balaban J connectivity index is 1.80. The highest BCUT2D eigenvalue weighted by molar-refractivity contribution is 8.14. The number of thioether (sulfide) groups is 1. The van der Waals surface area contributed by atoms with Gasteiger partial charge in [0, 0.05) is 11.4 Å². The molecule has 27 heavy (non-hydrogen) atoms. The number of amides is 1. The van der Waals surface area contributed by atoms with Gasteiger partial charge in [0.05, 0.1) is 6.33 Å². The van der Waals surface area contributed by atoms with E-state index in [1.54, 1.807) is 11.8 Å². The van der Waals surface area contributed by atoms with E-state index in [9.17, 15) is 4.79 Å². The minimum absolute atomic E-state index is 0.282. The third-order valence-electron chi connectivity index (χ3n) is 3.67. The molecule has 0 saturated carbocycles. The zero-order valence-electron chi connectivity index (χ0n) is 15.2. The SMILES string of the molecule is CCSC(=Nc1nc[nH]c1C(=O)Nc1ccc(C)cc1)Nc1ccccc1. The Labute approximate surface area is 162 Å². The second-order valence-corrected chi connectivity index (χ2v) is 7.02. The van der Waals surface area contributed by atoms with Gasteiger partial charge in [0.25, 0.3) is 5.91 Å². The van der Waals surface area contributed by atoms with Crippen molar-refractivity contribution in [2.45, 2.75) is 13.8 Å². The number of nitrogens with zero attached hydrogens (tertiary/aromatic N) is 2. The molecule has 0 aliphatic heterocycles. The lowest BCUT2D eigenvalue weighted by molar-refractivity contribution is 0.102. The average molecular weight is 379 g/mol. The Kier molecular flexibility index (Phi) is 6.27. The third kappa shape index (κ3) is 5.21. The summed E-state index contributed by atoms with van der Waals surface area (Å²) in [6.07, 6.45) is 1.47. The normalized spacial score (nSPS) is 11.3. The lowest BCUT2D eigenvalue weighted by atomic mass is 10.2. The number of rotatable bonds is 5. The van der Waals surface area contributed by atoms with Gasteiger partial charge >= 0.3 is 0 Å². The Hall–Kier alpha value is -3.06. The van der Waals surface area contributed by atoms with E-state index < -0.39 is 0 Å². The molecule has 0 unspecified atom stereocenters.